The van der Waals surface area contributed by atoms with Crippen LogP contribution in [0.15, 0.2) is 55.0 Å². The molecule has 1 amide bonds. The largest absolute Gasteiger partial charge is 0.340 e. The van der Waals surface area contributed by atoms with E-state index in [4.69, 9.17) is 0 Å². The summed E-state index contributed by atoms with van der Waals surface area (Å²) in [6, 6.07) is 11.5. The first-order valence-corrected chi connectivity index (χ1v) is 9.72. The van der Waals surface area contributed by atoms with Gasteiger partial charge in [-0.25, -0.2) is 15.0 Å². The van der Waals surface area contributed by atoms with E-state index in [-0.39, 0.29) is 5.91 Å². The molecule has 0 radical (unpaired) electrons. The van der Waals surface area contributed by atoms with E-state index in [0.29, 0.717) is 43.5 Å². The van der Waals surface area contributed by atoms with E-state index >= 15 is 0 Å². The van der Waals surface area contributed by atoms with Crippen molar-refractivity contribution < 1.29 is 4.79 Å². The zero-order valence-electron chi connectivity index (χ0n) is 16.7. The maximum atomic E-state index is 13.0. The van der Waals surface area contributed by atoms with E-state index in [1.165, 1.54) is 11.1 Å². The molecule has 1 aliphatic rings. The quantitative estimate of drug-likeness (QED) is 0.740. The molecular formula is C22H24N6O. The number of benzene rings is 1. The number of nitrogens with zero attached hydrogens (tertiary/aromatic N) is 5. The van der Waals surface area contributed by atoms with Gasteiger partial charge in [-0.3, -0.25) is 4.79 Å². The van der Waals surface area contributed by atoms with Gasteiger partial charge in [-0.15, -0.1) is 0 Å². The van der Waals surface area contributed by atoms with Gasteiger partial charge in [0.2, 0.25) is 5.95 Å². The lowest BCUT2D eigenvalue weighted by atomic mass is 10.1. The van der Waals surface area contributed by atoms with Crippen molar-refractivity contribution in [3.05, 3.63) is 71.7 Å². The Morgan fingerprint density at radius 3 is 2.38 bits per heavy atom. The minimum Gasteiger partial charge on any atom is -0.340 e. The molecule has 0 saturated carbocycles. The molecule has 0 bridgehead atoms. The maximum absolute atomic E-state index is 13.0. The molecule has 1 fully saturated rings. The first-order chi connectivity index (χ1) is 14.1. The molecule has 4 rings (SSSR count). The fraction of sp³-hybridized carbons (Fsp3) is 0.273. The van der Waals surface area contributed by atoms with Crippen molar-refractivity contribution in [2.24, 2.45) is 0 Å². The zero-order valence-corrected chi connectivity index (χ0v) is 16.7. The number of pyridine rings is 1. The molecule has 3 aromatic rings. The molecular weight excluding hydrogens is 364 g/mol. The highest BCUT2D eigenvalue weighted by Crippen LogP contribution is 2.20. The Balaban J connectivity index is 1.41. The van der Waals surface area contributed by atoms with E-state index in [9.17, 15) is 4.79 Å². The Bertz CT molecular complexity index is 999. The van der Waals surface area contributed by atoms with Gasteiger partial charge < -0.3 is 15.1 Å². The maximum Gasteiger partial charge on any atom is 0.254 e. The Morgan fingerprint density at radius 1 is 0.897 bits per heavy atom. The molecule has 0 atom stereocenters. The summed E-state index contributed by atoms with van der Waals surface area (Å²) in [6.45, 7) is 6.87. The van der Waals surface area contributed by atoms with E-state index < -0.39 is 0 Å². The number of hydrogen-bond acceptors (Lipinski definition) is 6. The number of rotatable bonds is 4. The van der Waals surface area contributed by atoms with Crippen LogP contribution in [-0.4, -0.2) is 51.9 Å². The number of anilines is 3. The number of amides is 1. The molecule has 1 saturated heterocycles. The highest BCUT2D eigenvalue weighted by Gasteiger charge is 2.23. The number of piperazine rings is 1. The molecule has 3 heterocycles. The van der Waals surface area contributed by atoms with Crippen LogP contribution in [0.25, 0.3) is 0 Å². The molecule has 2 aromatic heterocycles. The monoisotopic (exact) mass is 388 g/mol. The number of aromatic nitrogens is 3. The molecule has 0 aliphatic carbocycles. The first kappa shape index (κ1) is 18.9. The van der Waals surface area contributed by atoms with Crippen LogP contribution in [0.3, 0.4) is 0 Å². The third-order valence-corrected chi connectivity index (χ3v) is 5.19. The molecule has 7 heteroatoms. The fourth-order valence-corrected chi connectivity index (χ4v) is 3.35. The summed E-state index contributed by atoms with van der Waals surface area (Å²) in [4.78, 5) is 29.9. The van der Waals surface area contributed by atoms with E-state index in [1.807, 2.05) is 17.0 Å². The summed E-state index contributed by atoms with van der Waals surface area (Å²) in [5.74, 6) is 1.39. The van der Waals surface area contributed by atoms with Crippen molar-refractivity contribution in [3.63, 3.8) is 0 Å². The van der Waals surface area contributed by atoms with Crippen LogP contribution >= 0.6 is 0 Å². The number of aryl methyl sites for hydroxylation is 2. The Hall–Kier alpha value is -3.48. The van der Waals surface area contributed by atoms with Crippen molar-refractivity contribution in [3.8, 4) is 0 Å². The Morgan fingerprint density at radius 2 is 1.66 bits per heavy atom. The third kappa shape index (κ3) is 4.34. The minimum absolute atomic E-state index is 0.0177. The summed E-state index contributed by atoms with van der Waals surface area (Å²) in [5.41, 5.74) is 4.05. The van der Waals surface area contributed by atoms with Crippen molar-refractivity contribution in [1.82, 2.24) is 19.9 Å². The molecule has 0 unspecified atom stereocenters. The second-order valence-electron chi connectivity index (χ2n) is 7.18. The van der Waals surface area contributed by atoms with Crippen LogP contribution < -0.4 is 10.2 Å². The standard InChI is InChI=1S/C22H24N6O/c1-16-4-5-19(14-17(16)2)26-20-15-18(6-9-23-20)21(29)27-10-12-28(13-11-27)22-24-7-3-8-25-22/h3-9,14-15H,10-13H2,1-2H3,(H,23,26). The highest BCUT2D eigenvalue weighted by atomic mass is 16.2. The second-order valence-corrected chi connectivity index (χ2v) is 7.18. The van der Waals surface area contributed by atoms with Gasteiger partial charge in [-0.05, 0) is 55.3 Å². The number of hydrogen-bond donors (Lipinski definition) is 1. The Kier molecular flexibility index (Phi) is 5.37. The van der Waals surface area contributed by atoms with Gasteiger partial charge in [0.15, 0.2) is 0 Å². The van der Waals surface area contributed by atoms with Crippen LogP contribution in [0.4, 0.5) is 17.5 Å². The van der Waals surface area contributed by atoms with Crippen LogP contribution in [0, 0.1) is 13.8 Å². The Labute approximate surface area is 170 Å². The normalized spacial score (nSPS) is 14.0. The van der Waals surface area contributed by atoms with Gasteiger partial charge in [-0.2, -0.15) is 0 Å². The van der Waals surface area contributed by atoms with E-state index in [1.54, 1.807) is 30.7 Å². The van der Waals surface area contributed by atoms with Crippen LogP contribution in [-0.2, 0) is 0 Å². The van der Waals surface area contributed by atoms with Crippen molar-refractivity contribution in [2.45, 2.75) is 13.8 Å². The lowest BCUT2D eigenvalue weighted by Crippen LogP contribution is -2.49. The predicted octanol–water partition coefficient (Wildman–Crippen LogP) is 3.19. The third-order valence-electron chi connectivity index (χ3n) is 5.19. The van der Waals surface area contributed by atoms with Crippen LogP contribution in [0.2, 0.25) is 0 Å². The van der Waals surface area contributed by atoms with Gasteiger partial charge in [-0.1, -0.05) is 6.07 Å². The van der Waals surface area contributed by atoms with Gasteiger partial charge in [0.25, 0.3) is 5.91 Å². The molecule has 1 aliphatic heterocycles. The fourth-order valence-electron chi connectivity index (χ4n) is 3.35. The van der Waals surface area contributed by atoms with E-state index in [0.717, 1.165) is 5.69 Å². The van der Waals surface area contributed by atoms with Crippen molar-refractivity contribution in [2.75, 3.05) is 36.4 Å². The molecule has 7 nitrogen and oxygen atoms in total. The van der Waals surface area contributed by atoms with Crippen LogP contribution in [0.1, 0.15) is 21.5 Å². The first-order valence-electron chi connectivity index (χ1n) is 9.72. The van der Waals surface area contributed by atoms with Gasteiger partial charge in [0, 0.05) is 56.0 Å². The second kappa shape index (κ2) is 8.26. The molecule has 29 heavy (non-hydrogen) atoms. The smallest absolute Gasteiger partial charge is 0.254 e. The molecule has 148 valence electrons. The number of carbonyl (C=O) groups excluding carboxylic acids is 1. The summed E-state index contributed by atoms with van der Waals surface area (Å²) in [7, 11) is 0. The minimum atomic E-state index is 0.0177. The molecule has 0 spiro atoms. The number of nitrogens with one attached hydrogen (secondary N) is 1. The van der Waals surface area contributed by atoms with E-state index in [2.05, 4.69) is 51.1 Å². The van der Waals surface area contributed by atoms with Gasteiger partial charge in [0.05, 0.1) is 0 Å². The summed E-state index contributed by atoms with van der Waals surface area (Å²) in [6.07, 6.45) is 5.15. The zero-order chi connectivity index (χ0) is 20.2. The summed E-state index contributed by atoms with van der Waals surface area (Å²) in [5, 5.41) is 3.29. The van der Waals surface area contributed by atoms with Crippen LogP contribution in [0.5, 0.6) is 0 Å². The van der Waals surface area contributed by atoms with Gasteiger partial charge in [0.1, 0.15) is 5.82 Å². The average Bonchev–Trinajstić information content (AvgIpc) is 2.77. The summed E-state index contributed by atoms with van der Waals surface area (Å²) >= 11 is 0. The summed E-state index contributed by atoms with van der Waals surface area (Å²) < 4.78 is 0. The SMILES string of the molecule is Cc1ccc(Nc2cc(C(=O)N3CCN(c4ncccn4)CC3)ccn2)cc1C. The van der Waals surface area contributed by atoms with Gasteiger partial charge >= 0.3 is 0 Å². The highest BCUT2D eigenvalue weighted by molar-refractivity contribution is 5.95. The lowest BCUT2D eigenvalue weighted by molar-refractivity contribution is 0.0746. The lowest BCUT2D eigenvalue weighted by Gasteiger charge is -2.34. The number of carbonyl (C=O) groups is 1. The molecule has 1 aromatic carbocycles. The van der Waals surface area contributed by atoms with Crippen molar-refractivity contribution in [1.29, 1.82) is 0 Å². The molecule has 1 N–H and O–H groups in total. The predicted molar refractivity (Wildman–Crippen MR) is 114 cm³/mol. The van der Waals surface area contributed by atoms with Crippen molar-refractivity contribution >= 4 is 23.4 Å². The average molecular weight is 388 g/mol. The topological polar surface area (TPSA) is 74.2 Å².